The van der Waals surface area contributed by atoms with Gasteiger partial charge in [-0.15, -0.1) is 0 Å². The van der Waals surface area contributed by atoms with Crippen LogP contribution in [-0.4, -0.2) is 27.7 Å². The smallest absolute Gasteiger partial charge is 0.188 e. The van der Waals surface area contributed by atoms with Gasteiger partial charge in [-0.1, -0.05) is 23.4 Å². The summed E-state index contributed by atoms with van der Waals surface area (Å²) in [6.45, 7) is 0.0566. The summed E-state index contributed by atoms with van der Waals surface area (Å²) in [7, 11) is 0. The van der Waals surface area contributed by atoms with Gasteiger partial charge in [0.2, 0.25) is 0 Å². The first-order valence-electron chi connectivity index (χ1n) is 6.05. The molecule has 0 aliphatic heterocycles. The molecule has 0 atom stereocenters. The fraction of sp³-hybridized carbons (Fsp3) is 0.143. The van der Waals surface area contributed by atoms with Gasteiger partial charge >= 0.3 is 0 Å². The molecule has 1 heterocycles. The monoisotopic (exact) mass is 273 g/mol. The summed E-state index contributed by atoms with van der Waals surface area (Å²) < 4.78 is 5.71. The number of nitrogens with two attached hydrogens (primary N) is 1. The van der Waals surface area contributed by atoms with E-state index in [2.05, 4.69) is 10.1 Å². The van der Waals surface area contributed by atoms with Gasteiger partial charge in [-0.25, -0.2) is 4.98 Å². The summed E-state index contributed by atoms with van der Waals surface area (Å²) in [6.07, 6.45) is 2.01. The Labute approximate surface area is 116 Å². The van der Waals surface area contributed by atoms with Crippen LogP contribution in [-0.2, 0) is 6.42 Å². The third kappa shape index (κ3) is 3.24. The SMILES string of the molecule is N/C(=N/O)c1ccc(Oc2ccccc2CCO)cn1. The van der Waals surface area contributed by atoms with Crippen LogP contribution < -0.4 is 10.5 Å². The molecule has 6 heteroatoms. The zero-order valence-electron chi connectivity index (χ0n) is 10.7. The molecule has 0 unspecified atom stereocenters. The van der Waals surface area contributed by atoms with E-state index in [1.807, 2.05) is 24.3 Å². The van der Waals surface area contributed by atoms with Crippen LogP contribution >= 0.6 is 0 Å². The van der Waals surface area contributed by atoms with Crippen molar-refractivity contribution in [3.8, 4) is 11.5 Å². The Kier molecular flexibility index (Phi) is 4.52. The molecule has 0 bridgehead atoms. The molecule has 1 aromatic carbocycles. The highest BCUT2D eigenvalue weighted by Gasteiger charge is 2.05. The summed E-state index contributed by atoms with van der Waals surface area (Å²) in [6, 6.07) is 10.7. The Bertz CT molecular complexity index is 597. The highest BCUT2D eigenvalue weighted by atomic mass is 16.5. The molecule has 2 rings (SSSR count). The summed E-state index contributed by atoms with van der Waals surface area (Å²) >= 11 is 0. The number of aliphatic hydroxyl groups is 1. The number of rotatable bonds is 5. The number of hydrogen-bond acceptors (Lipinski definition) is 5. The van der Waals surface area contributed by atoms with Crippen molar-refractivity contribution < 1.29 is 15.1 Å². The van der Waals surface area contributed by atoms with Crippen LogP contribution in [0.25, 0.3) is 0 Å². The summed E-state index contributed by atoms with van der Waals surface area (Å²) in [4.78, 5) is 4.03. The zero-order chi connectivity index (χ0) is 14.4. The molecule has 0 radical (unpaired) electrons. The lowest BCUT2D eigenvalue weighted by molar-refractivity contribution is 0.298. The zero-order valence-corrected chi connectivity index (χ0v) is 10.7. The van der Waals surface area contributed by atoms with Crippen LogP contribution in [0.15, 0.2) is 47.8 Å². The number of nitrogens with zero attached hydrogens (tertiary/aromatic N) is 2. The van der Waals surface area contributed by atoms with Gasteiger partial charge in [-0.2, -0.15) is 0 Å². The van der Waals surface area contributed by atoms with Gasteiger partial charge in [0.05, 0.1) is 6.20 Å². The average Bonchev–Trinajstić information content (AvgIpc) is 2.49. The van der Waals surface area contributed by atoms with E-state index < -0.39 is 0 Å². The van der Waals surface area contributed by atoms with Crippen molar-refractivity contribution in [3.63, 3.8) is 0 Å². The average molecular weight is 273 g/mol. The molecule has 6 nitrogen and oxygen atoms in total. The molecule has 0 amide bonds. The van der Waals surface area contributed by atoms with Crippen molar-refractivity contribution in [1.82, 2.24) is 4.98 Å². The topological polar surface area (TPSA) is 101 Å². The van der Waals surface area contributed by atoms with Gasteiger partial charge in [-0.3, -0.25) is 0 Å². The Balaban J connectivity index is 2.18. The lowest BCUT2D eigenvalue weighted by atomic mass is 10.1. The fourth-order valence-electron chi connectivity index (χ4n) is 1.70. The quantitative estimate of drug-likeness (QED) is 0.332. The van der Waals surface area contributed by atoms with E-state index in [1.165, 1.54) is 6.20 Å². The van der Waals surface area contributed by atoms with E-state index in [0.29, 0.717) is 23.6 Å². The lowest BCUT2D eigenvalue weighted by Gasteiger charge is -2.10. The molecule has 1 aromatic heterocycles. The maximum atomic E-state index is 9.02. The Morgan fingerprint density at radius 1 is 1.25 bits per heavy atom. The van der Waals surface area contributed by atoms with Crippen molar-refractivity contribution in [2.24, 2.45) is 10.9 Å². The molecule has 0 aliphatic rings. The molecule has 0 saturated carbocycles. The molecule has 0 saturated heterocycles. The number of ether oxygens (including phenoxy) is 1. The van der Waals surface area contributed by atoms with Crippen molar-refractivity contribution >= 4 is 5.84 Å². The maximum absolute atomic E-state index is 9.02. The Hall–Kier alpha value is -2.60. The minimum absolute atomic E-state index is 0.0566. The Morgan fingerprint density at radius 2 is 2.05 bits per heavy atom. The molecular formula is C14H15N3O3. The van der Waals surface area contributed by atoms with E-state index >= 15 is 0 Å². The molecule has 2 aromatic rings. The van der Waals surface area contributed by atoms with Gasteiger partial charge in [-0.05, 0) is 30.2 Å². The minimum Gasteiger partial charge on any atom is -0.455 e. The highest BCUT2D eigenvalue weighted by Crippen LogP contribution is 2.25. The summed E-state index contributed by atoms with van der Waals surface area (Å²) in [5.41, 5.74) is 6.71. The van der Waals surface area contributed by atoms with Gasteiger partial charge in [0, 0.05) is 6.61 Å². The van der Waals surface area contributed by atoms with Gasteiger partial charge < -0.3 is 20.8 Å². The number of hydrogen-bond donors (Lipinski definition) is 3. The normalized spacial score (nSPS) is 11.3. The van der Waals surface area contributed by atoms with E-state index in [1.54, 1.807) is 12.1 Å². The number of pyridine rings is 1. The molecule has 0 aliphatic carbocycles. The second kappa shape index (κ2) is 6.53. The van der Waals surface area contributed by atoms with Gasteiger partial charge in [0.1, 0.15) is 17.2 Å². The minimum atomic E-state index is -0.0581. The lowest BCUT2D eigenvalue weighted by Crippen LogP contribution is -2.14. The predicted octanol–water partition coefficient (Wildman–Crippen LogP) is 1.50. The van der Waals surface area contributed by atoms with E-state index in [9.17, 15) is 0 Å². The van der Waals surface area contributed by atoms with Crippen molar-refractivity contribution in [2.45, 2.75) is 6.42 Å². The van der Waals surface area contributed by atoms with Crippen LogP contribution in [0, 0.1) is 0 Å². The molecule has 0 fully saturated rings. The number of oxime groups is 1. The molecule has 104 valence electrons. The number of aliphatic hydroxyl groups excluding tert-OH is 1. The molecule has 0 spiro atoms. The van der Waals surface area contributed by atoms with E-state index in [0.717, 1.165) is 5.56 Å². The number of para-hydroxylation sites is 1. The number of benzene rings is 1. The second-order valence-electron chi connectivity index (χ2n) is 4.05. The van der Waals surface area contributed by atoms with Crippen molar-refractivity contribution in [3.05, 3.63) is 53.9 Å². The highest BCUT2D eigenvalue weighted by molar-refractivity contribution is 5.95. The van der Waals surface area contributed by atoms with Crippen molar-refractivity contribution in [1.29, 1.82) is 0 Å². The van der Waals surface area contributed by atoms with Crippen LogP contribution in [0.5, 0.6) is 11.5 Å². The third-order valence-electron chi connectivity index (χ3n) is 2.69. The molecular weight excluding hydrogens is 258 g/mol. The first-order valence-corrected chi connectivity index (χ1v) is 6.05. The third-order valence-corrected chi connectivity index (χ3v) is 2.69. The van der Waals surface area contributed by atoms with Crippen LogP contribution in [0.4, 0.5) is 0 Å². The summed E-state index contributed by atoms with van der Waals surface area (Å²) in [5.74, 6) is 1.14. The van der Waals surface area contributed by atoms with Crippen LogP contribution in [0.3, 0.4) is 0 Å². The second-order valence-corrected chi connectivity index (χ2v) is 4.05. The number of amidine groups is 1. The maximum Gasteiger partial charge on any atom is 0.188 e. The van der Waals surface area contributed by atoms with E-state index in [-0.39, 0.29) is 12.4 Å². The van der Waals surface area contributed by atoms with Crippen LogP contribution in [0.1, 0.15) is 11.3 Å². The predicted molar refractivity (Wildman–Crippen MR) is 74.1 cm³/mol. The van der Waals surface area contributed by atoms with Crippen LogP contribution in [0.2, 0.25) is 0 Å². The van der Waals surface area contributed by atoms with E-state index in [4.69, 9.17) is 20.8 Å². The molecule has 20 heavy (non-hydrogen) atoms. The largest absolute Gasteiger partial charge is 0.455 e. The Morgan fingerprint density at radius 3 is 2.70 bits per heavy atom. The number of aromatic nitrogens is 1. The van der Waals surface area contributed by atoms with Gasteiger partial charge in [0.15, 0.2) is 5.84 Å². The fourth-order valence-corrected chi connectivity index (χ4v) is 1.70. The van der Waals surface area contributed by atoms with Gasteiger partial charge in [0.25, 0.3) is 0 Å². The first kappa shape index (κ1) is 13.8. The standard InChI is InChI=1S/C14H15N3O3/c15-14(17-19)12-6-5-11(9-16-12)20-13-4-2-1-3-10(13)7-8-18/h1-6,9,18-19H,7-8H2,(H2,15,17). The molecule has 4 N–H and O–H groups in total. The summed E-state index contributed by atoms with van der Waals surface area (Å²) in [5, 5.41) is 20.4. The van der Waals surface area contributed by atoms with Crippen molar-refractivity contribution in [2.75, 3.05) is 6.61 Å². The first-order chi connectivity index (χ1) is 9.74.